The highest BCUT2D eigenvalue weighted by atomic mass is 35.5. The van der Waals surface area contributed by atoms with Crippen LogP contribution in [0.2, 0.25) is 5.02 Å². The number of rotatable bonds is 8. The van der Waals surface area contributed by atoms with E-state index in [1.54, 1.807) is 7.11 Å². The highest BCUT2D eigenvalue weighted by molar-refractivity contribution is 6.30. The first kappa shape index (κ1) is 20.5. The number of benzene rings is 2. The molecule has 0 saturated carbocycles. The van der Waals surface area contributed by atoms with Crippen LogP contribution in [-0.4, -0.2) is 57.2 Å². The molecule has 1 heterocycles. The van der Waals surface area contributed by atoms with Crippen LogP contribution < -0.4 is 15.0 Å². The van der Waals surface area contributed by atoms with Crippen LogP contribution in [0.25, 0.3) is 0 Å². The molecule has 0 unspecified atom stereocenters. The summed E-state index contributed by atoms with van der Waals surface area (Å²) in [6, 6.07) is 15.7. The number of nitrogens with one attached hydrogen (secondary N) is 1. The van der Waals surface area contributed by atoms with Gasteiger partial charge in [-0.2, -0.15) is 0 Å². The monoisotopic (exact) mass is 401 g/mol. The lowest BCUT2D eigenvalue weighted by Gasteiger charge is -2.36. The Labute approximate surface area is 172 Å². The fourth-order valence-corrected chi connectivity index (χ4v) is 3.53. The summed E-state index contributed by atoms with van der Waals surface area (Å²) in [6.45, 7) is 5.86. The first-order valence-electron chi connectivity index (χ1n) is 9.76. The molecular weight excluding hydrogens is 374 g/mol. The van der Waals surface area contributed by atoms with Crippen LogP contribution in [0.3, 0.4) is 0 Å². The second kappa shape index (κ2) is 10.3. The lowest BCUT2D eigenvalue weighted by atomic mass is 10.1. The van der Waals surface area contributed by atoms with E-state index in [0.29, 0.717) is 18.0 Å². The predicted molar refractivity (Wildman–Crippen MR) is 114 cm³/mol. The number of carbonyl (C=O) groups excluding carboxylic acids is 1. The number of amides is 1. The van der Waals surface area contributed by atoms with Crippen molar-refractivity contribution in [2.24, 2.45) is 0 Å². The Kier molecular flexibility index (Phi) is 7.57. The molecule has 1 aliphatic heterocycles. The summed E-state index contributed by atoms with van der Waals surface area (Å²) in [5.74, 6) is 0.951. The molecule has 0 atom stereocenters. The number of hydrogen-bond acceptors (Lipinski definition) is 4. The molecule has 0 aliphatic carbocycles. The van der Waals surface area contributed by atoms with Gasteiger partial charge in [0, 0.05) is 43.4 Å². The molecule has 0 spiro atoms. The molecule has 0 aromatic heterocycles. The van der Waals surface area contributed by atoms with Crippen molar-refractivity contribution < 1.29 is 9.53 Å². The zero-order chi connectivity index (χ0) is 19.8. The van der Waals surface area contributed by atoms with Gasteiger partial charge in [0.15, 0.2) is 0 Å². The maximum Gasteiger partial charge on any atom is 0.224 e. The molecular formula is C22H28ClN3O2. The number of carbonyl (C=O) groups is 1. The van der Waals surface area contributed by atoms with Crippen LogP contribution in [0.15, 0.2) is 48.5 Å². The largest absolute Gasteiger partial charge is 0.497 e. The van der Waals surface area contributed by atoms with Crippen molar-refractivity contribution in [2.45, 2.75) is 12.8 Å². The molecule has 2 aromatic rings. The normalized spacial score (nSPS) is 14.7. The molecule has 1 saturated heterocycles. The zero-order valence-electron chi connectivity index (χ0n) is 16.4. The van der Waals surface area contributed by atoms with E-state index >= 15 is 0 Å². The van der Waals surface area contributed by atoms with Crippen molar-refractivity contribution in [3.05, 3.63) is 59.1 Å². The zero-order valence-corrected chi connectivity index (χ0v) is 17.1. The van der Waals surface area contributed by atoms with Gasteiger partial charge in [0.1, 0.15) is 5.75 Å². The minimum atomic E-state index is 0.0617. The molecule has 0 bridgehead atoms. The minimum absolute atomic E-state index is 0.0617. The number of piperazine rings is 1. The van der Waals surface area contributed by atoms with Gasteiger partial charge in [-0.3, -0.25) is 9.69 Å². The highest BCUT2D eigenvalue weighted by Crippen LogP contribution is 2.20. The number of halogens is 1. The van der Waals surface area contributed by atoms with E-state index in [1.807, 2.05) is 36.4 Å². The number of methoxy groups -OCH3 is 1. The first-order valence-corrected chi connectivity index (χ1v) is 10.1. The number of hydrogen-bond donors (Lipinski definition) is 1. The van der Waals surface area contributed by atoms with Crippen molar-refractivity contribution in [3.63, 3.8) is 0 Å². The summed E-state index contributed by atoms with van der Waals surface area (Å²) >= 11 is 5.87. The average molecular weight is 402 g/mol. The molecule has 0 radical (unpaired) electrons. The van der Waals surface area contributed by atoms with Crippen LogP contribution in [0.4, 0.5) is 5.69 Å². The maximum atomic E-state index is 12.0. The Bertz CT molecular complexity index is 741. The van der Waals surface area contributed by atoms with Crippen LogP contribution >= 0.6 is 11.6 Å². The van der Waals surface area contributed by atoms with Crippen LogP contribution in [0, 0.1) is 0 Å². The fourth-order valence-electron chi connectivity index (χ4n) is 3.40. The van der Waals surface area contributed by atoms with Crippen LogP contribution in [0.1, 0.15) is 12.0 Å². The highest BCUT2D eigenvalue weighted by Gasteiger charge is 2.16. The Morgan fingerprint density at radius 2 is 1.71 bits per heavy atom. The van der Waals surface area contributed by atoms with E-state index in [9.17, 15) is 4.79 Å². The summed E-state index contributed by atoms with van der Waals surface area (Å²) in [4.78, 5) is 16.9. The Morgan fingerprint density at radius 3 is 2.36 bits per heavy atom. The van der Waals surface area contributed by atoms with Crippen molar-refractivity contribution in [3.8, 4) is 5.75 Å². The second-order valence-electron chi connectivity index (χ2n) is 7.03. The smallest absolute Gasteiger partial charge is 0.224 e. The second-order valence-corrected chi connectivity index (χ2v) is 7.47. The van der Waals surface area contributed by atoms with Gasteiger partial charge in [0.25, 0.3) is 0 Å². The van der Waals surface area contributed by atoms with Gasteiger partial charge in [-0.15, -0.1) is 0 Å². The molecule has 6 heteroatoms. The lowest BCUT2D eigenvalue weighted by molar-refractivity contribution is -0.120. The molecule has 2 aromatic carbocycles. The molecule has 28 heavy (non-hydrogen) atoms. The molecule has 3 rings (SSSR count). The van der Waals surface area contributed by atoms with Crippen molar-refractivity contribution >= 4 is 23.2 Å². The van der Waals surface area contributed by atoms with Crippen LogP contribution in [0.5, 0.6) is 5.75 Å². The van der Waals surface area contributed by atoms with Gasteiger partial charge in [0.05, 0.1) is 13.5 Å². The topological polar surface area (TPSA) is 44.8 Å². The minimum Gasteiger partial charge on any atom is -0.497 e. The van der Waals surface area contributed by atoms with E-state index in [2.05, 4.69) is 27.2 Å². The van der Waals surface area contributed by atoms with Crippen molar-refractivity contribution in [2.75, 3.05) is 51.3 Å². The third-order valence-electron chi connectivity index (χ3n) is 5.06. The predicted octanol–water partition coefficient (Wildman–Crippen LogP) is 3.22. The lowest BCUT2D eigenvalue weighted by Crippen LogP contribution is -2.47. The van der Waals surface area contributed by atoms with Gasteiger partial charge in [-0.25, -0.2) is 0 Å². The Balaban J connectivity index is 1.31. The summed E-state index contributed by atoms with van der Waals surface area (Å²) < 4.78 is 5.22. The standard InChI is InChI=1S/C22H28ClN3O2/c1-28-21-9-7-20(8-10-21)26-15-13-25(14-16-26)12-2-11-24-22(27)17-18-3-5-19(23)6-4-18/h3-10H,2,11-17H2,1H3,(H,24,27). The third kappa shape index (κ3) is 6.14. The van der Waals surface area contributed by atoms with E-state index in [1.165, 1.54) is 5.69 Å². The van der Waals surface area contributed by atoms with Gasteiger partial charge >= 0.3 is 0 Å². The quantitative estimate of drug-likeness (QED) is 0.690. The van der Waals surface area contributed by atoms with E-state index in [0.717, 1.165) is 50.5 Å². The number of anilines is 1. The summed E-state index contributed by atoms with van der Waals surface area (Å²) in [5, 5.41) is 3.70. The van der Waals surface area contributed by atoms with Crippen molar-refractivity contribution in [1.29, 1.82) is 0 Å². The van der Waals surface area contributed by atoms with Gasteiger partial charge in [0.2, 0.25) is 5.91 Å². The van der Waals surface area contributed by atoms with E-state index in [-0.39, 0.29) is 5.91 Å². The van der Waals surface area contributed by atoms with Crippen LogP contribution in [-0.2, 0) is 11.2 Å². The number of ether oxygens (including phenoxy) is 1. The summed E-state index contributed by atoms with van der Waals surface area (Å²) in [6.07, 6.45) is 1.37. The summed E-state index contributed by atoms with van der Waals surface area (Å²) in [5.41, 5.74) is 2.23. The van der Waals surface area contributed by atoms with Gasteiger partial charge in [-0.1, -0.05) is 23.7 Å². The molecule has 1 aliphatic rings. The SMILES string of the molecule is COc1ccc(N2CCN(CCCNC(=O)Cc3ccc(Cl)cc3)CC2)cc1. The molecule has 5 nitrogen and oxygen atoms in total. The molecule has 1 amide bonds. The van der Waals surface area contributed by atoms with E-state index < -0.39 is 0 Å². The molecule has 1 N–H and O–H groups in total. The number of nitrogens with zero attached hydrogens (tertiary/aromatic N) is 2. The summed E-state index contributed by atoms with van der Waals surface area (Å²) in [7, 11) is 1.69. The van der Waals surface area contributed by atoms with Crippen molar-refractivity contribution in [1.82, 2.24) is 10.2 Å². The Morgan fingerprint density at radius 1 is 1.04 bits per heavy atom. The average Bonchev–Trinajstić information content (AvgIpc) is 2.73. The fraction of sp³-hybridized carbons (Fsp3) is 0.409. The molecule has 150 valence electrons. The maximum absolute atomic E-state index is 12.0. The van der Waals surface area contributed by atoms with Gasteiger partial charge in [-0.05, 0) is 54.9 Å². The van der Waals surface area contributed by atoms with Gasteiger partial charge < -0.3 is 15.0 Å². The van der Waals surface area contributed by atoms with E-state index in [4.69, 9.17) is 16.3 Å². The molecule has 1 fully saturated rings. The Hall–Kier alpha value is -2.24. The first-order chi connectivity index (χ1) is 13.6. The third-order valence-corrected chi connectivity index (χ3v) is 5.31.